The summed E-state index contributed by atoms with van der Waals surface area (Å²) in [7, 11) is 0. The molecule has 0 unspecified atom stereocenters. The molecular formula is C44H56O6. The highest BCUT2D eigenvalue weighted by molar-refractivity contribution is 5.57. The fourth-order valence-corrected chi connectivity index (χ4v) is 6.65. The quantitative estimate of drug-likeness (QED) is 0.143. The number of aromatic hydroxyl groups is 2. The second-order valence-corrected chi connectivity index (χ2v) is 15.4. The molecule has 0 fully saturated rings. The highest BCUT2D eigenvalue weighted by Gasteiger charge is 2.25. The maximum Gasteiger partial charge on any atom is 0.126 e. The van der Waals surface area contributed by atoms with E-state index >= 15 is 0 Å². The zero-order valence-electron chi connectivity index (χ0n) is 31.4. The summed E-state index contributed by atoms with van der Waals surface area (Å²) in [5, 5.41) is 23.9. The molecule has 0 spiro atoms. The van der Waals surface area contributed by atoms with Crippen molar-refractivity contribution < 1.29 is 29.2 Å². The molecule has 1 aliphatic rings. The van der Waals surface area contributed by atoms with Gasteiger partial charge in [0.2, 0.25) is 0 Å². The SMILES string of the molecule is CCOCCOc1c2cc(C(C)(C)C)cc1Cc1cccc(c1O)Cc1cc(C(C)(C)C)cc(c1OCCOCC)Cc1cccc(c1O)C2. The van der Waals surface area contributed by atoms with E-state index in [0.717, 1.165) is 56.0 Å². The fraction of sp³-hybridized carbons (Fsp3) is 0.455. The van der Waals surface area contributed by atoms with E-state index in [9.17, 15) is 10.2 Å². The van der Waals surface area contributed by atoms with Gasteiger partial charge in [-0.1, -0.05) is 102 Å². The Bertz CT molecular complexity index is 1550. The number of fused-ring (bicyclic) bond motifs is 8. The van der Waals surface area contributed by atoms with Crippen LogP contribution in [0.3, 0.4) is 0 Å². The molecule has 5 rings (SSSR count). The average Bonchev–Trinajstić information content (AvgIpc) is 3.05. The molecule has 6 nitrogen and oxygen atoms in total. The molecule has 0 radical (unpaired) electrons. The van der Waals surface area contributed by atoms with Crippen molar-refractivity contribution >= 4 is 0 Å². The zero-order chi connectivity index (χ0) is 36.1. The Kier molecular flexibility index (Phi) is 11.9. The van der Waals surface area contributed by atoms with Gasteiger partial charge in [0.1, 0.15) is 36.2 Å². The predicted molar refractivity (Wildman–Crippen MR) is 202 cm³/mol. The minimum Gasteiger partial charge on any atom is -0.507 e. The Balaban J connectivity index is 1.76. The van der Waals surface area contributed by atoms with E-state index in [0.29, 0.717) is 65.3 Å². The third kappa shape index (κ3) is 8.83. The first-order chi connectivity index (χ1) is 23.8. The van der Waals surface area contributed by atoms with Crippen LogP contribution in [0.15, 0.2) is 60.7 Å². The summed E-state index contributed by atoms with van der Waals surface area (Å²) in [6, 6.07) is 20.9. The van der Waals surface area contributed by atoms with Crippen molar-refractivity contribution in [2.24, 2.45) is 0 Å². The van der Waals surface area contributed by atoms with Crippen molar-refractivity contribution in [3.8, 4) is 23.0 Å². The molecule has 0 saturated heterocycles. The molecule has 0 aliphatic heterocycles. The second kappa shape index (κ2) is 15.9. The average molecular weight is 681 g/mol. The number of rotatable bonds is 10. The van der Waals surface area contributed by atoms with E-state index < -0.39 is 0 Å². The first-order valence-corrected chi connectivity index (χ1v) is 18.1. The first-order valence-electron chi connectivity index (χ1n) is 18.1. The smallest absolute Gasteiger partial charge is 0.126 e. The van der Waals surface area contributed by atoms with Gasteiger partial charge in [0.15, 0.2) is 0 Å². The molecule has 0 saturated carbocycles. The van der Waals surface area contributed by atoms with E-state index in [2.05, 4.69) is 65.8 Å². The molecule has 268 valence electrons. The Labute approximate surface area is 299 Å². The maximum absolute atomic E-state index is 11.9. The number of para-hydroxylation sites is 2. The molecule has 1 aliphatic carbocycles. The van der Waals surface area contributed by atoms with Gasteiger partial charge in [0, 0.05) is 38.9 Å². The summed E-state index contributed by atoms with van der Waals surface area (Å²) in [6.45, 7) is 20.2. The Hall–Kier alpha value is -4.00. The van der Waals surface area contributed by atoms with E-state index in [1.807, 2.05) is 50.2 Å². The van der Waals surface area contributed by atoms with E-state index in [1.165, 1.54) is 11.1 Å². The third-order valence-corrected chi connectivity index (χ3v) is 9.50. The lowest BCUT2D eigenvalue weighted by Gasteiger charge is -2.26. The van der Waals surface area contributed by atoms with Crippen LogP contribution in [0.4, 0.5) is 0 Å². The van der Waals surface area contributed by atoms with E-state index in [4.69, 9.17) is 18.9 Å². The van der Waals surface area contributed by atoms with Gasteiger partial charge in [-0.3, -0.25) is 0 Å². The lowest BCUT2D eigenvalue weighted by Crippen LogP contribution is -2.16. The van der Waals surface area contributed by atoms with E-state index in [-0.39, 0.29) is 22.3 Å². The summed E-state index contributed by atoms with van der Waals surface area (Å²) >= 11 is 0. The second-order valence-electron chi connectivity index (χ2n) is 15.4. The van der Waals surface area contributed by atoms with Crippen LogP contribution in [0.2, 0.25) is 0 Å². The van der Waals surface area contributed by atoms with Crippen LogP contribution in [0, 0.1) is 0 Å². The number of benzene rings is 4. The van der Waals surface area contributed by atoms with Crippen molar-refractivity contribution in [3.05, 3.63) is 116 Å². The van der Waals surface area contributed by atoms with Crippen LogP contribution in [-0.4, -0.2) is 49.9 Å². The summed E-state index contributed by atoms with van der Waals surface area (Å²) in [6.07, 6.45) is 1.93. The minimum atomic E-state index is -0.131. The number of phenols is 2. The molecule has 6 heteroatoms. The van der Waals surface area contributed by atoms with Crippen LogP contribution < -0.4 is 9.47 Å². The molecule has 0 aromatic heterocycles. The number of phenolic OH excluding ortho intramolecular Hbond substituents is 2. The van der Waals surface area contributed by atoms with Crippen LogP contribution >= 0.6 is 0 Å². The zero-order valence-corrected chi connectivity index (χ0v) is 31.4. The van der Waals surface area contributed by atoms with Gasteiger partial charge in [-0.2, -0.15) is 0 Å². The molecule has 0 heterocycles. The Morgan fingerprint density at radius 3 is 1.04 bits per heavy atom. The van der Waals surface area contributed by atoms with Gasteiger partial charge in [-0.05, 0) is 80.3 Å². The number of hydrogen-bond acceptors (Lipinski definition) is 6. The normalized spacial score (nSPS) is 13.3. The molecular weight excluding hydrogens is 624 g/mol. The first kappa shape index (κ1) is 37.3. The highest BCUT2D eigenvalue weighted by Crippen LogP contribution is 2.41. The van der Waals surface area contributed by atoms with Crippen molar-refractivity contribution in [1.29, 1.82) is 0 Å². The fourth-order valence-electron chi connectivity index (χ4n) is 6.65. The molecule has 50 heavy (non-hydrogen) atoms. The van der Waals surface area contributed by atoms with Crippen LogP contribution in [0.5, 0.6) is 23.0 Å². The minimum absolute atomic E-state index is 0.131. The van der Waals surface area contributed by atoms with Gasteiger partial charge in [-0.15, -0.1) is 0 Å². The van der Waals surface area contributed by atoms with Gasteiger partial charge in [0.05, 0.1) is 13.2 Å². The monoisotopic (exact) mass is 680 g/mol. The van der Waals surface area contributed by atoms with E-state index in [1.54, 1.807) is 0 Å². The van der Waals surface area contributed by atoms with Gasteiger partial charge in [-0.25, -0.2) is 0 Å². The molecule has 4 aromatic rings. The Morgan fingerprint density at radius 2 is 0.780 bits per heavy atom. The largest absolute Gasteiger partial charge is 0.507 e. The molecule has 8 bridgehead atoms. The summed E-state index contributed by atoms with van der Waals surface area (Å²) < 4.78 is 24.4. The van der Waals surface area contributed by atoms with Crippen LogP contribution in [0.1, 0.15) is 111 Å². The molecule has 0 atom stereocenters. The van der Waals surface area contributed by atoms with Crippen molar-refractivity contribution in [2.45, 2.75) is 91.9 Å². The van der Waals surface area contributed by atoms with Crippen molar-refractivity contribution in [1.82, 2.24) is 0 Å². The number of hydrogen-bond donors (Lipinski definition) is 2. The lowest BCUT2D eigenvalue weighted by molar-refractivity contribution is 0.109. The van der Waals surface area contributed by atoms with Gasteiger partial charge >= 0.3 is 0 Å². The van der Waals surface area contributed by atoms with Crippen molar-refractivity contribution in [2.75, 3.05) is 39.6 Å². The predicted octanol–water partition coefficient (Wildman–Crippen LogP) is 9.20. The Morgan fingerprint density at radius 1 is 0.480 bits per heavy atom. The summed E-state index contributed by atoms with van der Waals surface area (Å²) in [5.41, 5.74) is 9.39. The van der Waals surface area contributed by atoms with Crippen LogP contribution in [-0.2, 0) is 46.0 Å². The molecule has 0 amide bonds. The molecule has 2 N–H and O–H groups in total. The standard InChI is InChI=1S/C44H56O6/c1-9-47-17-19-49-41-33-21-29-13-11-15-31(39(29)45)23-35-27-38(44(6,7)8)28-36(42(35)50-20-18-48-10-2)24-32-16-12-14-30(40(32)46)22-34(41)26-37(25-33)43(3,4)5/h11-16,25-28,45-46H,9-10,17-24H2,1-8H3. The third-order valence-electron chi connectivity index (χ3n) is 9.50. The van der Waals surface area contributed by atoms with Gasteiger partial charge < -0.3 is 29.2 Å². The number of ether oxygens (including phenoxy) is 4. The van der Waals surface area contributed by atoms with Crippen LogP contribution in [0.25, 0.3) is 0 Å². The highest BCUT2D eigenvalue weighted by atomic mass is 16.5. The summed E-state index contributed by atoms with van der Waals surface area (Å²) in [4.78, 5) is 0. The maximum atomic E-state index is 11.9. The topological polar surface area (TPSA) is 77.4 Å². The van der Waals surface area contributed by atoms with Crippen molar-refractivity contribution in [3.63, 3.8) is 0 Å². The van der Waals surface area contributed by atoms with Gasteiger partial charge in [0.25, 0.3) is 0 Å². The summed E-state index contributed by atoms with van der Waals surface area (Å²) in [5.74, 6) is 2.13. The lowest BCUT2D eigenvalue weighted by atomic mass is 9.81. The molecule has 4 aromatic carbocycles.